The largest absolute Gasteiger partial charge is 0.477 e. The predicted octanol–water partition coefficient (Wildman–Crippen LogP) is -0.186. The number of likely N-dealkylation sites (N-methyl/N-ethyl adjacent to an activating group) is 1. The molecule has 2 aliphatic rings. The minimum Gasteiger partial charge on any atom is -0.477 e. The van der Waals surface area contributed by atoms with E-state index in [1.165, 1.54) is 16.7 Å². The van der Waals surface area contributed by atoms with Gasteiger partial charge in [0.2, 0.25) is 0 Å². The van der Waals surface area contributed by atoms with Gasteiger partial charge in [-0.15, -0.1) is 23.1 Å². The molecular formula is C17H22N6O5S2. The minimum atomic E-state index is -1.16. The number of anilines is 1. The highest BCUT2D eigenvalue weighted by molar-refractivity contribution is 8.00. The molecule has 2 atom stereocenters. The molecule has 2 aliphatic heterocycles. The van der Waals surface area contributed by atoms with Crippen LogP contribution in [0, 0.1) is 0 Å². The number of carbonyl (C=O) groups excluding carboxylic acids is 2. The van der Waals surface area contributed by atoms with Gasteiger partial charge in [-0.1, -0.05) is 12.1 Å². The summed E-state index contributed by atoms with van der Waals surface area (Å²) < 4.78 is 0. The Morgan fingerprint density at radius 3 is 2.83 bits per heavy atom. The topological polar surface area (TPSA) is 159 Å². The van der Waals surface area contributed by atoms with Gasteiger partial charge < -0.3 is 26.3 Å². The third-order valence-electron chi connectivity index (χ3n) is 4.39. The highest BCUT2D eigenvalue weighted by Gasteiger charge is 2.54. The summed E-state index contributed by atoms with van der Waals surface area (Å²) in [5.41, 5.74) is 6.39. The van der Waals surface area contributed by atoms with E-state index in [9.17, 15) is 19.5 Å². The van der Waals surface area contributed by atoms with Gasteiger partial charge in [-0.25, -0.2) is 9.78 Å². The molecule has 1 fully saturated rings. The van der Waals surface area contributed by atoms with Crippen molar-refractivity contribution in [2.24, 2.45) is 5.16 Å². The zero-order valence-corrected chi connectivity index (χ0v) is 18.0. The van der Waals surface area contributed by atoms with Gasteiger partial charge in [-0.05, 0) is 19.0 Å². The zero-order chi connectivity index (χ0) is 21.8. The van der Waals surface area contributed by atoms with Crippen molar-refractivity contribution in [3.8, 4) is 0 Å². The van der Waals surface area contributed by atoms with Crippen LogP contribution in [0.25, 0.3) is 0 Å². The quantitative estimate of drug-likeness (QED) is 0.225. The molecular weight excluding hydrogens is 432 g/mol. The standard InChI is InChI=1S/C17H22N6O5S2/c1-3-19-5-8-6-29-15-11(14(25)23(15)12(8)16(26)27)21-13(24)10(22-28-4-2)9-7-30-17(18)20-9/h7,11,15,19H,3-6H2,1-2H3,(H2,18,20)(H,21,24)(H,26,27)/b22-10-/t11?,15-/m0/s1. The van der Waals surface area contributed by atoms with Crippen molar-refractivity contribution in [1.82, 2.24) is 20.5 Å². The molecule has 162 valence electrons. The van der Waals surface area contributed by atoms with Gasteiger partial charge in [0.25, 0.3) is 11.8 Å². The van der Waals surface area contributed by atoms with E-state index in [2.05, 4.69) is 20.8 Å². The van der Waals surface area contributed by atoms with Crippen LogP contribution in [0.15, 0.2) is 21.8 Å². The minimum absolute atomic E-state index is 0.0225. The average molecular weight is 455 g/mol. The van der Waals surface area contributed by atoms with E-state index in [1.807, 2.05) is 6.92 Å². The lowest BCUT2D eigenvalue weighted by Crippen LogP contribution is -2.71. The Morgan fingerprint density at radius 2 is 2.23 bits per heavy atom. The first-order valence-corrected chi connectivity index (χ1v) is 11.1. The number of nitrogens with one attached hydrogen (secondary N) is 2. The molecule has 3 rings (SSSR count). The fraction of sp³-hybridized carbons (Fsp3) is 0.471. The third kappa shape index (κ3) is 4.27. The average Bonchev–Trinajstić information content (AvgIpc) is 3.15. The second kappa shape index (κ2) is 9.45. The number of fused-ring (bicyclic) bond motifs is 1. The SMILES string of the molecule is CCNCC1=C(C(=O)O)N2C(=O)C(NC(=O)/C(=N\OCC)c3csc(N)n3)[C@@H]2SC1. The van der Waals surface area contributed by atoms with Crippen LogP contribution in [0.1, 0.15) is 19.5 Å². The molecule has 0 bridgehead atoms. The predicted molar refractivity (Wildman–Crippen MR) is 113 cm³/mol. The number of nitrogen functional groups attached to an aromatic ring is 1. The molecule has 3 heterocycles. The maximum atomic E-state index is 12.8. The molecule has 0 saturated carbocycles. The summed E-state index contributed by atoms with van der Waals surface area (Å²) in [5, 5.41) is 20.5. The summed E-state index contributed by atoms with van der Waals surface area (Å²) in [6, 6.07) is -0.875. The number of hydrogen-bond donors (Lipinski definition) is 4. The number of carboxylic acids is 1. The van der Waals surface area contributed by atoms with Gasteiger partial charge in [0.1, 0.15) is 29.4 Å². The number of aliphatic carboxylic acids is 1. The van der Waals surface area contributed by atoms with E-state index in [0.717, 1.165) is 11.3 Å². The Labute approximate surface area is 180 Å². The Morgan fingerprint density at radius 1 is 1.47 bits per heavy atom. The molecule has 0 aliphatic carbocycles. The van der Waals surface area contributed by atoms with Crippen molar-refractivity contribution < 1.29 is 24.3 Å². The van der Waals surface area contributed by atoms with Gasteiger partial charge >= 0.3 is 5.97 Å². The normalized spacial score (nSPS) is 21.2. The molecule has 0 radical (unpaired) electrons. The number of carboxylic acid groups (broad SMARTS) is 1. The first-order valence-electron chi connectivity index (χ1n) is 9.21. The number of thioether (sulfide) groups is 1. The Bertz CT molecular complexity index is 914. The molecule has 1 saturated heterocycles. The molecule has 1 aromatic rings. The summed E-state index contributed by atoms with van der Waals surface area (Å²) in [6.07, 6.45) is 0. The Hall–Kier alpha value is -2.64. The first kappa shape index (κ1) is 22.1. The van der Waals surface area contributed by atoms with Gasteiger partial charge in [-0.3, -0.25) is 14.5 Å². The number of amides is 2. The number of hydrogen-bond acceptors (Lipinski definition) is 10. The fourth-order valence-corrected chi connectivity index (χ4v) is 4.93. The number of β-lactam (4-membered cyclic amide) rings is 1. The number of nitrogens with two attached hydrogens (primary N) is 1. The van der Waals surface area contributed by atoms with Gasteiger partial charge in [0.05, 0.1) is 0 Å². The van der Waals surface area contributed by atoms with Crippen LogP contribution in [0.3, 0.4) is 0 Å². The smallest absolute Gasteiger partial charge is 0.352 e. The van der Waals surface area contributed by atoms with Crippen LogP contribution in [0.5, 0.6) is 0 Å². The lowest BCUT2D eigenvalue weighted by Gasteiger charge is -2.49. The summed E-state index contributed by atoms with van der Waals surface area (Å²) in [6.45, 7) is 4.93. The molecule has 1 aromatic heterocycles. The maximum absolute atomic E-state index is 12.8. The second-order valence-electron chi connectivity index (χ2n) is 6.33. The van der Waals surface area contributed by atoms with Crippen molar-refractivity contribution >= 4 is 51.7 Å². The monoisotopic (exact) mass is 454 g/mol. The van der Waals surface area contributed by atoms with Crippen molar-refractivity contribution in [3.63, 3.8) is 0 Å². The Kier molecular flexibility index (Phi) is 6.95. The van der Waals surface area contributed by atoms with Crippen molar-refractivity contribution in [1.29, 1.82) is 0 Å². The molecule has 30 heavy (non-hydrogen) atoms. The lowest BCUT2D eigenvalue weighted by molar-refractivity contribution is -0.150. The molecule has 0 spiro atoms. The number of nitrogens with zero attached hydrogens (tertiary/aromatic N) is 3. The highest BCUT2D eigenvalue weighted by atomic mass is 32.2. The summed E-state index contributed by atoms with van der Waals surface area (Å²) in [7, 11) is 0. The second-order valence-corrected chi connectivity index (χ2v) is 8.32. The van der Waals surface area contributed by atoms with Gasteiger partial charge in [0, 0.05) is 17.7 Å². The number of oxime groups is 1. The van der Waals surface area contributed by atoms with Gasteiger partial charge in [0.15, 0.2) is 10.8 Å². The van der Waals surface area contributed by atoms with E-state index in [-0.39, 0.29) is 28.8 Å². The van der Waals surface area contributed by atoms with Crippen molar-refractivity contribution in [2.45, 2.75) is 25.3 Å². The van der Waals surface area contributed by atoms with Crippen LogP contribution >= 0.6 is 23.1 Å². The first-order chi connectivity index (χ1) is 14.4. The third-order valence-corrected chi connectivity index (χ3v) is 6.40. The number of aromatic nitrogens is 1. The Balaban J connectivity index is 1.77. The summed E-state index contributed by atoms with van der Waals surface area (Å²) >= 11 is 2.55. The van der Waals surface area contributed by atoms with Crippen LogP contribution in [-0.4, -0.2) is 75.4 Å². The summed E-state index contributed by atoms with van der Waals surface area (Å²) in [4.78, 5) is 47.6. The van der Waals surface area contributed by atoms with Crippen molar-refractivity contribution in [3.05, 3.63) is 22.3 Å². The number of carbonyl (C=O) groups is 3. The van der Waals surface area contributed by atoms with E-state index < -0.39 is 29.2 Å². The van der Waals surface area contributed by atoms with E-state index in [0.29, 0.717) is 24.4 Å². The maximum Gasteiger partial charge on any atom is 0.352 e. The van der Waals surface area contributed by atoms with Crippen LogP contribution in [0.4, 0.5) is 5.13 Å². The zero-order valence-electron chi connectivity index (χ0n) is 16.4. The molecule has 0 aromatic carbocycles. The number of rotatable bonds is 9. The molecule has 11 nitrogen and oxygen atoms in total. The van der Waals surface area contributed by atoms with Crippen molar-refractivity contribution in [2.75, 3.05) is 31.2 Å². The van der Waals surface area contributed by atoms with Crippen LogP contribution < -0.4 is 16.4 Å². The van der Waals surface area contributed by atoms with E-state index in [4.69, 9.17) is 10.6 Å². The highest BCUT2D eigenvalue weighted by Crippen LogP contribution is 2.40. The summed E-state index contributed by atoms with van der Waals surface area (Å²) in [5.74, 6) is -1.85. The lowest BCUT2D eigenvalue weighted by atomic mass is 10.0. The van der Waals surface area contributed by atoms with Gasteiger partial charge in [-0.2, -0.15) is 0 Å². The molecule has 1 unspecified atom stereocenters. The number of thiazole rings is 1. The van der Waals surface area contributed by atoms with E-state index >= 15 is 0 Å². The van der Waals surface area contributed by atoms with E-state index in [1.54, 1.807) is 12.3 Å². The molecule has 5 N–H and O–H groups in total. The molecule has 13 heteroatoms. The molecule has 2 amide bonds. The fourth-order valence-electron chi connectivity index (χ4n) is 3.03. The van der Waals surface area contributed by atoms with Crippen LogP contribution in [0.2, 0.25) is 0 Å². The van der Waals surface area contributed by atoms with Crippen LogP contribution in [-0.2, 0) is 19.2 Å².